The van der Waals surface area contributed by atoms with Crippen molar-refractivity contribution in [2.24, 2.45) is 5.92 Å². The number of amides is 2. The standard InChI is InChI=1S/C12H24N2O3/c1-5-10(6-7-15)14-12(17)11(8(2)3)13-9(4)16/h8,10-11,15H,5-7H2,1-4H3,(H,13,16)(H,14,17). The van der Waals surface area contributed by atoms with Crippen molar-refractivity contribution >= 4 is 11.8 Å². The van der Waals surface area contributed by atoms with E-state index in [4.69, 9.17) is 5.11 Å². The van der Waals surface area contributed by atoms with Crippen molar-refractivity contribution in [1.82, 2.24) is 10.6 Å². The van der Waals surface area contributed by atoms with Crippen LogP contribution in [0.5, 0.6) is 0 Å². The van der Waals surface area contributed by atoms with E-state index in [-0.39, 0.29) is 30.4 Å². The van der Waals surface area contributed by atoms with Gasteiger partial charge in [0.2, 0.25) is 11.8 Å². The Kier molecular flexibility index (Phi) is 7.54. The highest BCUT2D eigenvalue weighted by Crippen LogP contribution is 2.04. The van der Waals surface area contributed by atoms with Crippen LogP contribution in [0, 0.1) is 5.92 Å². The summed E-state index contributed by atoms with van der Waals surface area (Å²) in [5.41, 5.74) is 0. The van der Waals surface area contributed by atoms with Gasteiger partial charge in [0, 0.05) is 19.6 Å². The monoisotopic (exact) mass is 244 g/mol. The van der Waals surface area contributed by atoms with E-state index in [0.717, 1.165) is 6.42 Å². The van der Waals surface area contributed by atoms with E-state index in [1.807, 2.05) is 20.8 Å². The van der Waals surface area contributed by atoms with Gasteiger partial charge in [-0.2, -0.15) is 0 Å². The Hall–Kier alpha value is -1.10. The second kappa shape index (κ2) is 8.06. The molecule has 2 amide bonds. The van der Waals surface area contributed by atoms with Gasteiger partial charge >= 0.3 is 0 Å². The Labute approximate surface area is 103 Å². The first-order valence-corrected chi connectivity index (χ1v) is 6.10. The van der Waals surface area contributed by atoms with Gasteiger partial charge in [-0.1, -0.05) is 20.8 Å². The van der Waals surface area contributed by atoms with Crippen molar-refractivity contribution in [2.45, 2.75) is 52.6 Å². The summed E-state index contributed by atoms with van der Waals surface area (Å²) in [6, 6.07) is -0.553. The lowest BCUT2D eigenvalue weighted by atomic mass is 10.0. The first-order valence-electron chi connectivity index (χ1n) is 6.10. The highest BCUT2D eigenvalue weighted by molar-refractivity contribution is 5.87. The van der Waals surface area contributed by atoms with Crippen molar-refractivity contribution in [3.05, 3.63) is 0 Å². The quantitative estimate of drug-likeness (QED) is 0.607. The molecular formula is C12H24N2O3. The average Bonchev–Trinajstić information content (AvgIpc) is 2.24. The number of carbonyl (C=O) groups is 2. The van der Waals surface area contributed by atoms with Gasteiger partial charge in [-0.3, -0.25) is 9.59 Å². The van der Waals surface area contributed by atoms with Crippen LogP contribution in [0.1, 0.15) is 40.5 Å². The molecule has 5 heteroatoms. The third-order valence-electron chi connectivity index (χ3n) is 2.62. The number of hydrogen-bond donors (Lipinski definition) is 3. The molecule has 0 aliphatic heterocycles. The number of aliphatic hydroxyl groups is 1. The van der Waals surface area contributed by atoms with Crippen molar-refractivity contribution in [3.63, 3.8) is 0 Å². The minimum absolute atomic E-state index is 0.0329. The van der Waals surface area contributed by atoms with Gasteiger partial charge in [-0.05, 0) is 18.8 Å². The normalized spacial score (nSPS) is 14.2. The largest absolute Gasteiger partial charge is 0.396 e. The molecule has 0 aliphatic rings. The van der Waals surface area contributed by atoms with E-state index >= 15 is 0 Å². The maximum atomic E-state index is 12.0. The first kappa shape index (κ1) is 15.9. The van der Waals surface area contributed by atoms with E-state index in [1.54, 1.807) is 0 Å². The zero-order valence-corrected chi connectivity index (χ0v) is 11.1. The van der Waals surface area contributed by atoms with Crippen molar-refractivity contribution in [2.75, 3.05) is 6.61 Å². The lowest BCUT2D eigenvalue weighted by molar-refractivity contribution is -0.129. The molecule has 0 saturated carbocycles. The highest BCUT2D eigenvalue weighted by atomic mass is 16.3. The summed E-state index contributed by atoms with van der Waals surface area (Å²) in [6.07, 6.45) is 1.30. The molecule has 5 nitrogen and oxygen atoms in total. The minimum Gasteiger partial charge on any atom is -0.396 e. The zero-order valence-electron chi connectivity index (χ0n) is 11.1. The van der Waals surface area contributed by atoms with Crippen LogP contribution in [0.3, 0.4) is 0 Å². The summed E-state index contributed by atoms with van der Waals surface area (Å²) in [5, 5.41) is 14.3. The number of rotatable bonds is 7. The van der Waals surface area contributed by atoms with Crippen LogP contribution >= 0.6 is 0 Å². The summed E-state index contributed by atoms with van der Waals surface area (Å²) >= 11 is 0. The molecule has 0 fully saturated rings. The van der Waals surface area contributed by atoms with Crippen LogP contribution in [0.25, 0.3) is 0 Å². The molecule has 17 heavy (non-hydrogen) atoms. The zero-order chi connectivity index (χ0) is 13.4. The van der Waals surface area contributed by atoms with Gasteiger partial charge < -0.3 is 15.7 Å². The molecule has 0 spiro atoms. The number of carbonyl (C=O) groups excluding carboxylic acids is 2. The summed E-state index contributed by atoms with van der Waals surface area (Å²) in [4.78, 5) is 23.0. The molecule has 2 unspecified atom stereocenters. The van der Waals surface area contributed by atoms with E-state index in [9.17, 15) is 9.59 Å². The maximum absolute atomic E-state index is 12.0. The Morgan fingerprint density at radius 2 is 1.82 bits per heavy atom. The summed E-state index contributed by atoms with van der Waals surface area (Å²) < 4.78 is 0. The van der Waals surface area contributed by atoms with E-state index in [1.165, 1.54) is 6.92 Å². The van der Waals surface area contributed by atoms with Gasteiger partial charge in [-0.15, -0.1) is 0 Å². The second-order valence-corrected chi connectivity index (χ2v) is 4.55. The van der Waals surface area contributed by atoms with Gasteiger partial charge in [0.25, 0.3) is 0 Å². The van der Waals surface area contributed by atoms with Gasteiger partial charge in [0.05, 0.1) is 0 Å². The van der Waals surface area contributed by atoms with Gasteiger partial charge in [0.1, 0.15) is 6.04 Å². The summed E-state index contributed by atoms with van der Waals surface area (Å²) in [5.74, 6) is -0.366. The molecule has 0 bridgehead atoms. The molecule has 2 atom stereocenters. The fourth-order valence-corrected chi connectivity index (χ4v) is 1.58. The molecule has 0 rings (SSSR count). The predicted molar refractivity (Wildman–Crippen MR) is 66.4 cm³/mol. The SMILES string of the molecule is CCC(CCO)NC(=O)C(NC(C)=O)C(C)C. The van der Waals surface area contributed by atoms with E-state index < -0.39 is 6.04 Å². The molecule has 0 aromatic heterocycles. The Morgan fingerprint density at radius 3 is 2.18 bits per heavy atom. The molecule has 3 N–H and O–H groups in total. The minimum atomic E-state index is -0.514. The van der Waals surface area contributed by atoms with Crippen molar-refractivity contribution in [3.8, 4) is 0 Å². The van der Waals surface area contributed by atoms with E-state index in [2.05, 4.69) is 10.6 Å². The van der Waals surface area contributed by atoms with Crippen molar-refractivity contribution < 1.29 is 14.7 Å². The fourth-order valence-electron chi connectivity index (χ4n) is 1.58. The molecule has 0 heterocycles. The Balaban J connectivity index is 4.45. The van der Waals surface area contributed by atoms with Crippen LogP contribution in [0.15, 0.2) is 0 Å². The lowest BCUT2D eigenvalue weighted by Crippen LogP contribution is -2.51. The Morgan fingerprint density at radius 1 is 1.24 bits per heavy atom. The molecule has 0 aromatic carbocycles. The number of hydrogen-bond acceptors (Lipinski definition) is 3. The molecule has 0 aliphatic carbocycles. The van der Waals surface area contributed by atoms with Crippen LogP contribution in [-0.2, 0) is 9.59 Å². The van der Waals surface area contributed by atoms with Gasteiger partial charge in [-0.25, -0.2) is 0 Å². The lowest BCUT2D eigenvalue weighted by Gasteiger charge is -2.24. The fraction of sp³-hybridized carbons (Fsp3) is 0.833. The number of nitrogens with one attached hydrogen (secondary N) is 2. The highest BCUT2D eigenvalue weighted by Gasteiger charge is 2.24. The van der Waals surface area contributed by atoms with Crippen LogP contribution in [-0.4, -0.2) is 35.6 Å². The molecule has 0 saturated heterocycles. The molecule has 100 valence electrons. The number of aliphatic hydroxyl groups excluding tert-OH is 1. The molecular weight excluding hydrogens is 220 g/mol. The molecule has 0 aromatic rings. The van der Waals surface area contributed by atoms with Crippen LogP contribution < -0.4 is 10.6 Å². The topological polar surface area (TPSA) is 78.4 Å². The Bertz CT molecular complexity index is 254. The predicted octanol–water partition coefficient (Wildman–Crippen LogP) is 0.424. The molecule has 0 radical (unpaired) electrons. The van der Waals surface area contributed by atoms with Crippen molar-refractivity contribution in [1.29, 1.82) is 0 Å². The smallest absolute Gasteiger partial charge is 0.243 e. The first-order chi connectivity index (χ1) is 7.92. The van der Waals surface area contributed by atoms with Crippen LogP contribution in [0.4, 0.5) is 0 Å². The van der Waals surface area contributed by atoms with Crippen LogP contribution in [0.2, 0.25) is 0 Å². The third kappa shape index (κ3) is 6.26. The maximum Gasteiger partial charge on any atom is 0.243 e. The average molecular weight is 244 g/mol. The summed E-state index contributed by atoms with van der Waals surface area (Å²) in [7, 11) is 0. The van der Waals surface area contributed by atoms with E-state index in [0.29, 0.717) is 6.42 Å². The second-order valence-electron chi connectivity index (χ2n) is 4.55. The van der Waals surface area contributed by atoms with Gasteiger partial charge in [0.15, 0.2) is 0 Å². The summed E-state index contributed by atoms with van der Waals surface area (Å²) in [6.45, 7) is 7.16. The third-order valence-corrected chi connectivity index (χ3v) is 2.62.